The Balaban J connectivity index is 1.46. The van der Waals surface area contributed by atoms with Crippen LogP contribution in [0.5, 0.6) is 0 Å². The molecule has 4 rings (SSSR count). The fourth-order valence-corrected chi connectivity index (χ4v) is 4.81. The number of likely N-dealkylation sites (tertiary alicyclic amines) is 1. The molecule has 1 aliphatic rings. The van der Waals surface area contributed by atoms with Crippen molar-refractivity contribution in [3.8, 4) is 0 Å². The van der Waals surface area contributed by atoms with Gasteiger partial charge in [0.2, 0.25) is 0 Å². The second kappa shape index (κ2) is 6.60. The summed E-state index contributed by atoms with van der Waals surface area (Å²) >= 11 is 1.80. The zero-order chi connectivity index (χ0) is 17.4. The Hall–Kier alpha value is -2.20. The number of hydrogen-bond donors (Lipinski definition) is 0. The molecule has 1 fully saturated rings. The van der Waals surface area contributed by atoms with Gasteiger partial charge in [-0.25, -0.2) is 4.98 Å². The van der Waals surface area contributed by atoms with Gasteiger partial charge in [-0.1, -0.05) is 29.3 Å². The molecule has 0 atom stereocenters. The van der Waals surface area contributed by atoms with E-state index < -0.39 is 0 Å². The summed E-state index contributed by atoms with van der Waals surface area (Å²) in [5.74, 6) is 0.634. The molecule has 1 amide bonds. The molecule has 0 unspecified atom stereocenters. The maximum atomic E-state index is 12.8. The summed E-state index contributed by atoms with van der Waals surface area (Å²) in [5, 5.41) is 1.22. The Bertz CT molecular complexity index is 869. The van der Waals surface area contributed by atoms with Gasteiger partial charge < -0.3 is 4.90 Å². The van der Waals surface area contributed by atoms with E-state index in [1.165, 1.54) is 9.71 Å². The Morgan fingerprint density at radius 3 is 2.44 bits per heavy atom. The molecular weight excluding hydrogens is 328 g/mol. The minimum atomic E-state index is 0.162. The normalized spacial score (nSPS) is 15.7. The highest BCUT2D eigenvalue weighted by atomic mass is 32.1. The predicted octanol–water partition coefficient (Wildman–Crippen LogP) is 4.93. The number of fused-ring (bicyclic) bond motifs is 1. The molecule has 128 valence electrons. The van der Waals surface area contributed by atoms with E-state index in [-0.39, 0.29) is 5.91 Å². The van der Waals surface area contributed by atoms with Gasteiger partial charge in [-0.15, -0.1) is 11.3 Å². The zero-order valence-corrected chi connectivity index (χ0v) is 15.5. The molecule has 0 spiro atoms. The maximum absolute atomic E-state index is 12.8. The number of hydrogen-bond acceptors (Lipinski definition) is 3. The second-order valence-corrected chi connectivity index (χ2v) is 8.02. The van der Waals surface area contributed by atoms with Crippen LogP contribution in [0.1, 0.15) is 45.3 Å². The van der Waals surface area contributed by atoms with Crippen LogP contribution in [-0.2, 0) is 0 Å². The van der Waals surface area contributed by atoms with Crippen LogP contribution in [0.3, 0.4) is 0 Å². The first-order chi connectivity index (χ1) is 12.1. The molecule has 1 aromatic heterocycles. The summed E-state index contributed by atoms with van der Waals surface area (Å²) in [6.45, 7) is 5.71. The van der Waals surface area contributed by atoms with Crippen molar-refractivity contribution < 1.29 is 4.79 Å². The van der Waals surface area contributed by atoms with Crippen LogP contribution >= 0.6 is 11.3 Å². The lowest BCUT2D eigenvalue weighted by Gasteiger charge is -2.31. The largest absolute Gasteiger partial charge is 0.339 e. The van der Waals surface area contributed by atoms with Gasteiger partial charge in [0.15, 0.2) is 0 Å². The lowest BCUT2D eigenvalue weighted by atomic mass is 9.96. The van der Waals surface area contributed by atoms with Crippen LogP contribution in [0.15, 0.2) is 42.5 Å². The predicted molar refractivity (Wildman–Crippen MR) is 103 cm³/mol. The maximum Gasteiger partial charge on any atom is 0.253 e. The number of carbonyl (C=O) groups excluding carboxylic acids is 1. The fraction of sp³-hybridized carbons (Fsp3) is 0.333. The summed E-state index contributed by atoms with van der Waals surface area (Å²) in [4.78, 5) is 19.6. The lowest BCUT2D eigenvalue weighted by Crippen LogP contribution is -2.38. The number of piperidine rings is 1. The van der Waals surface area contributed by atoms with Gasteiger partial charge in [0.1, 0.15) is 0 Å². The van der Waals surface area contributed by atoms with Crippen LogP contribution in [0.2, 0.25) is 0 Å². The molecule has 0 N–H and O–H groups in total. The number of benzene rings is 2. The van der Waals surface area contributed by atoms with Crippen molar-refractivity contribution >= 4 is 27.5 Å². The van der Waals surface area contributed by atoms with E-state index in [0.29, 0.717) is 5.92 Å². The molecule has 3 aromatic rings. The van der Waals surface area contributed by atoms with Gasteiger partial charge in [0.05, 0.1) is 15.2 Å². The molecule has 0 saturated carbocycles. The average Bonchev–Trinajstić information content (AvgIpc) is 3.04. The van der Waals surface area contributed by atoms with Gasteiger partial charge in [0.25, 0.3) is 5.91 Å². The summed E-state index contributed by atoms with van der Waals surface area (Å²) in [6, 6.07) is 14.4. The lowest BCUT2D eigenvalue weighted by molar-refractivity contribution is 0.0713. The third-order valence-electron chi connectivity index (χ3n) is 4.91. The van der Waals surface area contributed by atoms with Crippen molar-refractivity contribution in [1.29, 1.82) is 0 Å². The van der Waals surface area contributed by atoms with E-state index in [1.54, 1.807) is 11.3 Å². The summed E-state index contributed by atoms with van der Waals surface area (Å²) in [6.07, 6.45) is 1.99. The molecule has 1 aliphatic heterocycles. The van der Waals surface area contributed by atoms with Crippen LogP contribution in [0.4, 0.5) is 0 Å². The van der Waals surface area contributed by atoms with Gasteiger partial charge in [-0.2, -0.15) is 0 Å². The van der Waals surface area contributed by atoms with Crippen molar-refractivity contribution in [2.24, 2.45) is 0 Å². The van der Waals surface area contributed by atoms with Gasteiger partial charge in [0, 0.05) is 24.6 Å². The Morgan fingerprint density at radius 2 is 1.76 bits per heavy atom. The van der Waals surface area contributed by atoms with E-state index in [1.807, 2.05) is 36.9 Å². The number of rotatable bonds is 2. The van der Waals surface area contributed by atoms with E-state index in [2.05, 4.69) is 24.3 Å². The highest BCUT2D eigenvalue weighted by Crippen LogP contribution is 2.34. The van der Waals surface area contributed by atoms with Crippen molar-refractivity contribution in [3.05, 3.63) is 64.2 Å². The molecule has 0 bridgehead atoms. The second-order valence-electron chi connectivity index (χ2n) is 6.96. The van der Waals surface area contributed by atoms with Crippen LogP contribution in [0.25, 0.3) is 10.2 Å². The molecule has 3 nitrogen and oxygen atoms in total. The van der Waals surface area contributed by atoms with Crippen LogP contribution in [0, 0.1) is 13.8 Å². The van der Waals surface area contributed by atoms with E-state index in [9.17, 15) is 4.79 Å². The number of para-hydroxylation sites is 1. The first-order valence-corrected chi connectivity index (χ1v) is 9.65. The molecule has 0 radical (unpaired) electrons. The number of thiazole rings is 1. The zero-order valence-electron chi connectivity index (χ0n) is 14.7. The van der Waals surface area contributed by atoms with Gasteiger partial charge in [-0.3, -0.25) is 4.79 Å². The number of aryl methyl sites for hydroxylation is 2. The fourth-order valence-electron chi connectivity index (χ4n) is 3.67. The molecule has 0 aliphatic carbocycles. The Morgan fingerprint density at radius 1 is 1.08 bits per heavy atom. The van der Waals surface area contributed by atoms with E-state index >= 15 is 0 Å². The minimum Gasteiger partial charge on any atom is -0.339 e. The molecule has 4 heteroatoms. The van der Waals surface area contributed by atoms with E-state index in [4.69, 9.17) is 4.98 Å². The first-order valence-electron chi connectivity index (χ1n) is 8.83. The van der Waals surface area contributed by atoms with Crippen LogP contribution in [-0.4, -0.2) is 28.9 Å². The van der Waals surface area contributed by atoms with Crippen molar-refractivity contribution in [2.45, 2.75) is 32.6 Å². The number of aromatic nitrogens is 1. The number of amides is 1. The topological polar surface area (TPSA) is 33.2 Å². The first kappa shape index (κ1) is 16.3. The SMILES string of the molecule is Cc1cc(C)cc(C(=O)N2CCC(c3nc4ccccc4s3)CC2)c1. The van der Waals surface area contributed by atoms with Crippen molar-refractivity contribution in [2.75, 3.05) is 13.1 Å². The van der Waals surface area contributed by atoms with Gasteiger partial charge in [-0.05, 0) is 51.0 Å². The standard InChI is InChI=1S/C21H22N2OS/c1-14-11-15(2)13-17(12-14)21(24)23-9-7-16(8-10-23)20-22-18-5-3-4-6-19(18)25-20/h3-6,11-13,16H,7-10H2,1-2H3. The molecule has 2 heterocycles. The van der Waals surface area contributed by atoms with Gasteiger partial charge >= 0.3 is 0 Å². The third kappa shape index (κ3) is 3.31. The van der Waals surface area contributed by atoms with Crippen LogP contribution < -0.4 is 0 Å². The quantitative estimate of drug-likeness (QED) is 0.656. The summed E-state index contributed by atoms with van der Waals surface area (Å²) in [5.41, 5.74) is 4.20. The number of nitrogens with zero attached hydrogens (tertiary/aromatic N) is 2. The summed E-state index contributed by atoms with van der Waals surface area (Å²) in [7, 11) is 0. The highest BCUT2D eigenvalue weighted by molar-refractivity contribution is 7.18. The number of carbonyl (C=O) groups is 1. The van der Waals surface area contributed by atoms with E-state index in [0.717, 1.165) is 48.1 Å². The highest BCUT2D eigenvalue weighted by Gasteiger charge is 2.26. The monoisotopic (exact) mass is 350 g/mol. The molecule has 25 heavy (non-hydrogen) atoms. The molecular formula is C21H22N2OS. The van der Waals surface area contributed by atoms with Crippen molar-refractivity contribution in [3.63, 3.8) is 0 Å². The summed E-state index contributed by atoms with van der Waals surface area (Å²) < 4.78 is 1.26. The van der Waals surface area contributed by atoms with Crippen molar-refractivity contribution in [1.82, 2.24) is 9.88 Å². The molecule has 1 saturated heterocycles. The Kier molecular flexibility index (Phi) is 4.30. The smallest absolute Gasteiger partial charge is 0.253 e. The minimum absolute atomic E-state index is 0.162. The molecule has 2 aromatic carbocycles. The third-order valence-corrected chi connectivity index (χ3v) is 6.11. The Labute approximate surface area is 152 Å². The average molecular weight is 350 g/mol.